The van der Waals surface area contributed by atoms with Crippen molar-refractivity contribution in [1.82, 2.24) is 0 Å². The number of hydrogen-bond donors (Lipinski definition) is 2. The molecule has 16 heavy (non-hydrogen) atoms. The Hall–Kier alpha value is -0.680. The molecular formula is C11H13FN2S2. The third-order valence-electron chi connectivity index (χ3n) is 2.33. The summed E-state index contributed by atoms with van der Waals surface area (Å²) in [7, 11) is 0. The highest BCUT2D eigenvalue weighted by atomic mass is 32.2. The van der Waals surface area contributed by atoms with Crippen molar-refractivity contribution >= 4 is 35.2 Å². The highest BCUT2D eigenvalue weighted by Crippen LogP contribution is 2.29. The van der Waals surface area contributed by atoms with E-state index in [2.05, 4.69) is 29.9 Å². The second-order valence-corrected chi connectivity index (χ2v) is 5.27. The van der Waals surface area contributed by atoms with Crippen LogP contribution in [-0.2, 0) is 0 Å². The van der Waals surface area contributed by atoms with Gasteiger partial charge in [0.1, 0.15) is 5.82 Å². The summed E-state index contributed by atoms with van der Waals surface area (Å²) < 4.78 is 12.7. The SMILES string of the molecule is CC1(CS)CSC(Nc2ccc(F)cc2)=N1. The molecule has 1 aliphatic heterocycles. The van der Waals surface area contributed by atoms with Crippen LogP contribution in [-0.4, -0.2) is 22.2 Å². The normalized spacial score (nSPS) is 24.3. The van der Waals surface area contributed by atoms with Gasteiger partial charge in [-0.25, -0.2) is 4.39 Å². The number of amidine groups is 1. The van der Waals surface area contributed by atoms with Gasteiger partial charge in [0.15, 0.2) is 5.17 Å². The Labute approximate surface area is 104 Å². The summed E-state index contributed by atoms with van der Waals surface area (Å²) in [6, 6.07) is 6.27. The summed E-state index contributed by atoms with van der Waals surface area (Å²) in [6.07, 6.45) is 0. The molecule has 0 bridgehead atoms. The Morgan fingerprint density at radius 1 is 1.50 bits per heavy atom. The molecule has 86 valence electrons. The van der Waals surface area contributed by atoms with E-state index in [0.717, 1.165) is 22.4 Å². The van der Waals surface area contributed by atoms with Crippen LogP contribution in [0.5, 0.6) is 0 Å². The molecule has 0 amide bonds. The topological polar surface area (TPSA) is 24.4 Å². The summed E-state index contributed by atoms with van der Waals surface area (Å²) in [6.45, 7) is 2.08. The van der Waals surface area contributed by atoms with Crippen LogP contribution in [0, 0.1) is 5.82 Å². The van der Waals surface area contributed by atoms with Crippen LogP contribution in [0.3, 0.4) is 0 Å². The average molecular weight is 256 g/mol. The van der Waals surface area contributed by atoms with Crippen LogP contribution in [0.15, 0.2) is 29.3 Å². The van der Waals surface area contributed by atoms with Crippen molar-refractivity contribution in [3.8, 4) is 0 Å². The number of halogens is 1. The first-order valence-corrected chi connectivity index (χ1v) is 6.59. The summed E-state index contributed by atoms with van der Waals surface area (Å²) >= 11 is 5.95. The molecule has 1 atom stereocenters. The molecule has 0 saturated heterocycles. The number of thioether (sulfide) groups is 1. The molecule has 1 unspecified atom stereocenters. The van der Waals surface area contributed by atoms with E-state index in [-0.39, 0.29) is 11.4 Å². The van der Waals surface area contributed by atoms with Gasteiger partial charge in [0.25, 0.3) is 0 Å². The molecule has 0 saturated carbocycles. The van der Waals surface area contributed by atoms with Crippen molar-refractivity contribution in [1.29, 1.82) is 0 Å². The summed E-state index contributed by atoms with van der Waals surface area (Å²) in [5.41, 5.74) is 0.770. The smallest absolute Gasteiger partial charge is 0.161 e. The summed E-state index contributed by atoms with van der Waals surface area (Å²) in [4.78, 5) is 4.55. The minimum Gasteiger partial charge on any atom is -0.335 e. The van der Waals surface area contributed by atoms with Gasteiger partial charge in [-0.3, -0.25) is 4.99 Å². The van der Waals surface area contributed by atoms with Crippen molar-refractivity contribution in [2.45, 2.75) is 12.5 Å². The van der Waals surface area contributed by atoms with Gasteiger partial charge in [-0.1, -0.05) is 11.8 Å². The second-order valence-electron chi connectivity index (χ2n) is 3.99. The van der Waals surface area contributed by atoms with Gasteiger partial charge in [-0.15, -0.1) is 0 Å². The molecule has 0 radical (unpaired) electrons. The van der Waals surface area contributed by atoms with Crippen LogP contribution >= 0.6 is 24.4 Å². The van der Waals surface area contributed by atoms with Gasteiger partial charge in [0.2, 0.25) is 0 Å². The van der Waals surface area contributed by atoms with Gasteiger partial charge < -0.3 is 5.32 Å². The molecule has 1 heterocycles. The van der Waals surface area contributed by atoms with Gasteiger partial charge >= 0.3 is 0 Å². The predicted molar refractivity (Wildman–Crippen MR) is 72.2 cm³/mol. The zero-order chi connectivity index (χ0) is 11.6. The fourth-order valence-electron chi connectivity index (χ4n) is 1.34. The molecule has 1 aromatic carbocycles. The lowest BCUT2D eigenvalue weighted by atomic mass is 10.1. The molecule has 1 N–H and O–H groups in total. The quantitative estimate of drug-likeness (QED) is 0.795. The average Bonchev–Trinajstić information content (AvgIpc) is 2.65. The number of hydrogen-bond acceptors (Lipinski definition) is 4. The first-order valence-electron chi connectivity index (χ1n) is 4.97. The highest BCUT2D eigenvalue weighted by Gasteiger charge is 2.29. The Kier molecular flexibility index (Phi) is 3.44. The van der Waals surface area contributed by atoms with Crippen molar-refractivity contribution < 1.29 is 4.39 Å². The maximum atomic E-state index is 12.7. The maximum absolute atomic E-state index is 12.7. The molecule has 1 aromatic rings. The van der Waals surface area contributed by atoms with E-state index in [0.29, 0.717) is 0 Å². The van der Waals surface area contributed by atoms with Crippen molar-refractivity contribution in [3.63, 3.8) is 0 Å². The molecule has 5 heteroatoms. The number of anilines is 1. The zero-order valence-corrected chi connectivity index (χ0v) is 10.6. The monoisotopic (exact) mass is 256 g/mol. The van der Waals surface area contributed by atoms with Gasteiger partial charge in [0, 0.05) is 17.2 Å². The van der Waals surface area contributed by atoms with Crippen LogP contribution in [0.2, 0.25) is 0 Å². The molecule has 2 rings (SSSR count). The van der Waals surface area contributed by atoms with E-state index in [1.807, 2.05) is 0 Å². The molecule has 0 spiro atoms. The van der Waals surface area contributed by atoms with Gasteiger partial charge in [0.05, 0.1) is 5.54 Å². The number of rotatable bonds is 2. The van der Waals surface area contributed by atoms with E-state index >= 15 is 0 Å². The number of benzene rings is 1. The molecule has 2 nitrogen and oxygen atoms in total. The van der Waals surface area contributed by atoms with Crippen molar-refractivity contribution in [3.05, 3.63) is 30.1 Å². The molecule has 1 aliphatic rings. The Bertz CT molecular complexity index is 405. The molecule has 0 aromatic heterocycles. The van der Waals surface area contributed by atoms with Crippen LogP contribution in [0.25, 0.3) is 0 Å². The Morgan fingerprint density at radius 2 is 2.19 bits per heavy atom. The van der Waals surface area contributed by atoms with Crippen LogP contribution < -0.4 is 5.32 Å². The minimum absolute atomic E-state index is 0.0872. The fourth-order valence-corrected chi connectivity index (χ4v) is 2.76. The summed E-state index contributed by atoms with van der Waals surface area (Å²) in [5.74, 6) is 1.43. The van der Waals surface area contributed by atoms with Gasteiger partial charge in [-0.05, 0) is 31.2 Å². The zero-order valence-electron chi connectivity index (χ0n) is 8.90. The van der Waals surface area contributed by atoms with E-state index in [4.69, 9.17) is 0 Å². The Morgan fingerprint density at radius 3 is 2.75 bits per heavy atom. The number of nitrogens with zero attached hydrogens (tertiary/aromatic N) is 1. The largest absolute Gasteiger partial charge is 0.335 e. The van der Waals surface area contributed by atoms with Crippen LogP contribution in [0.1, 0.15) is 6.92 Å². The molecular weight excluding hydrogens is 243 g/mol. The van der Waals surface area contributed by atoms with E-state index in [9.17, 15) is 4.39 Å². The number of aliphatic imine (C=N–C) groups is 1. The first-order chi connectivity index (χ1) is 7.61. The maximum Gasteiger partial charge on any atom is 0.161 e. The second kappa shape index (κ2) is 4.67. The summed E-state index contributed by atoms with van der Waals surface area (Å²) in [5, 5.41) is 4.05. The Balaban J connectivity index is 2.06. The predicted octanol–water partition coefficient (Wildman–Crippen LogP) is 3.03. The lowest BCUT2D eigenvalue weighted by molar-refractivity contribution is 0.618. The third-order valence-corrected chi connectivity index (χ3v) is 4.24. The minimum atomic E-state index is -0.230. The van der Waals surface area contributed by atoms with E-state index in [1.165, 1.54) is 12.1 Å². The van der Waals surface area contributed by atoms with E-state index in [1.54, 1.807) is 23.9 Å². The highest BCUT2D eigenvalue weighted by molar-refractivity contribution is 8.14. The number of nitrogens with one attached hydrogen (secondary N) is 1. The standard InChI is InChI=1S/C11H13FN2S2/c1-11(6-15)7-16-10(14-11)13-9-4-2-8(12)3-5-9/h2-5,15H,6-7H2,1H3,(H,13,14). The first kappa shape index (κ1) is 11.8. The van der Waals surface area contributed by atoms with Gasteiger partial charge in [-0.2, -0.15) is 12.6 Å². The molecule has 0 fully saturated rings. The van der Waals surface area contributed by atoms with Crippen molar-refractivity contribution in [2.24, 2.45) is 4.99 Å². The van der Waals surface area contributed by atoms with E-state index < -0.39 is 0 Å². The fraction of sp³-hybridized carbons (Fsp3) is 0.364. The number of thiol groups is 1. The lowest BCUT2D eigenvalue weighted by Gasteiger charge is -2.14. The van der Waals surface area contributed by atoms with Crippen molar-refractivity contribution in [2.75, 3.05) is 16.8 Å². The third kappa shape index (κ3) is 2.71. The molecule has 0 aliphatic carbocycles. The van der Waals surface area contributed by atoms with Crippen LogP contribution in [0.4, 0.5) is 10.1 Å². The lowest BCUT2D eigenvalue weighted by Crippen LogP contribution is -2.24.